The lowest BCUT2D eigenvalue weighted by Crippen LogP contribution is -2.48. The van der Waals surface area contributed by atoms with E-state index in [0.29, 0.717) is 23.3 Å². The van der Waals surface area contributed by atoms with Gasteiger partial charge in [-0.15, -0.1) is 0 Å². The number of halogens is 2. The number of nitrogens with one attached hydrogen (secondary N) is 2. The van der Waals surface area contributed by atoms with Gasteiger partial charge in [-0.1, -0.05) is 11.6 Å². The summed E-state index contributed by atoms with van der Waals surface area (Å²) in [5.41, 5.74) is -0.116. The maximum absolute atomic E-state index is 12.4. The number of hydrogen-bond acceptors (Lipinski definition) is 6. The molecule has 1 aromatic heterocycles. The second-order valence-electron chi connectivity index (χ2n) is 6.96. The minimum atomic E-state index is -0.583. The Kier molecular flexibility index (Phi) is 7.19. The zero-order valence-corrected chi connectivity index (χ0v) is 17.2. The zero-order valence-electron chi connectivity index (χ0n) is 14.8. The fourth-order valence-corrected chi connectivity index (χ4v) is 2.88. The van der Waals surface area contributed by atoms with E-state index in [1.165, 1.54) is 6.20 Å². The van der Waals surface area contributed by atoms with Crippen LogP contribution >= 0.6 is 27.5 Å². The highest BCUT2D eigenvalue weighted by molar-refractivity contribution is 9.10. The van der Waals surface area contributed by atoms with Crippen molar-refractivity contribution in [3.63, 3.8) is 0 Å². The standard InChI is InChI=1S/C16H22BrClN4O4/c1-16(2,3)26-15(24)21-10-4-9(7-25-8-10)14(23)20-5-11-13(18)19-6-12(17)22-11/h6,9-10H,4-5,7-8H2,1-3H3,(H,20,23)(H,21,24)/t9-,10-/m0/s1. The van der Waals surface area contributed by atoms with Crippen molar-refractivity contribution >= 4 is 39.5 Å². The lowest BCUT2D eigenvalue weighted by atomic mass is 9.97. The lowest BCUT2D eigenvalue weighted by molar-refractivity contribution is -0.130. The van der Waals surface area contributed by atoms with E-state index in [4.69, 9.17) is 21.1 Å². The van der Waals surface area contributed by atoms with Gasteiger partial charge >= 0.3 is 6.09 Å². The summed E-state index contributed by atoms with van der Waals surface area (Å²) in [4.78, 5) is 32.4. The van der Waals surface area contributed by atoms with Crippen LogP contribution in [0.2, 0.25) is 5.15 Å². The normalized spacial score (nSPS) is 20.3. The summed E-state index contributed by atoms with van der Waals surface area (Å²) in [6.45, 7) is 6.15. The summed E-state index contributed by atoms with van der Waals surface area (Å²) >= 11 is 9.18. The molecule has 2 atom stereocenters. The molecule has 0 aromatic carbocycles. The van der Waals surface area contributed by atoms with Crippen LogP contribution in [0.1, 0.15) is 32.9 Å². The van der Waals surface area contributed by atoms with Gasteiger partial charge in [0, 0.05) is 0 Å². The van der Waals surface area contributed by atoms with Crippen LogP contribution in [0.5, 0.6) is 0 Å². The highest BCUT2D eigenvalue weighted by Gasteiger charge is 2.30. The van der Waals surface area contributed by atoms with Crippen LogP contribution < -0.4 is 10.6 Å². The third-order valence-electron chi connectivity index (χ3n) is 3.49. The second kappa shape index (κ2) is 8.96. The van der Waals surface area contributed by atoms with Crippen molar-refractivity contribution in [1.29, 1.82) is 0 Å². The Bertz CT molecular complexity index is 668. The molecule has 0 bridgehead atoms. The first-order valence-electron chi connectivity index (χ1n) is 8.16. The fraction of sp³-hybridized carbons (Fsp3) is 0.625. The molecule has 1 aromatic rings. The lowest BCUT2D eigenvalue weighted by Gasteiger charge is -2.30. The van der Waals surface area contributed by atoms with Gasteiger partial charge in [0.15, 0.2) is 5.15 Å². The topological polar surface area (TPSA) is 102 Å². The number of rotatable bonds is 4. The molecule has 1 aliphatic rings. The summed E-state index contributed by atoms with van der Waals surface area (Å²) in [6, 6.07) is -0.288. The SMILES string of the molecule is CC(C)(C)OC(=O)N[C@@H]1COC[C@@H](C(=O)NCc2nc(Br)cnc2Cl)C1. The summed E-state index contributed by atoms with van der Waals surface area (Å²) < 4.78 is 11.2. The van der Waals surface area contributed by atoms with Crippen molar-refractivity contribution in [2.75, 3.05) is 13.2 Å². The van der Waals surface area contributed by atoms with Crippen LogP contribution in [0.25, 0.3) is 0 Å². The van der Waals surface area contributed by atoms with E-state index in [-0.39, 0.29) is 36.2 Å². The zero-order chi connectivity index (χ0) is 19.3. The van der Waals surface area contributed by atoms with Gasteiger partial charge in [-0.25, -0.2) is 14.8 Å². The Balaban J connectivity index is 1.85. The average Bonchev–Trinajstić information content (AvgIpc) is 2.53. The molecule has 144 valence electrons. The minimum Gasteiger partial charge on any atom is -0.444 e. The van der Waals surface area contributed by atoms with E-state index < -0.39 is 11.7 Å². The molecule has 2 amide bonds. The molecule has 0 saturated carbocycles. The minimum absolute atomic E-state index is 0.158. The van der Waals surface area contributed by atoms with Crippen molar-refractivity contribution in [2.45, 2.75) is 45.4 Å². The number of carbonyl (C=O) groups excluding carboxylic acids is 2. The van der Waals surface area contributed by atoms with Crippen molar-refractivity contribution in [3.05, 3.63) is 21.6 Å². The van der Waals surface area contributed by atoms with E-state index >= 15 is 0 Å². The summed E-state index contributed by atoms with van der Waals surface area (Å²) in [5.74, 6) is -0.582. The number of nitrogens with zero attached hydrogens (tertiary/aromatic N) is 2. The highest BCUT2D eigenvalue weighted by Crippen LogP contribution is 2.17. The molecule has 8 nitrogen and oxygen atoms in total. The first-order chi connectivity index (χ1) is 12.1. The van der Waals surface area contributed by atoms with Crippen molar-refractivity contribution in [2.24, 2.45) is 5.92 Å². The maximum atomic E-state index is 12.4. The number of aromatic nitrogens is 2. The van der Waals surface area contributed by atoms with Gasteiger partial charge < -0.3 is 20.1 Å². The Morgan fingerprint density at radius 2 is 2.15 bits per heavy atom. The molecular formula is C16H22BrClN4O4. The third-order valence-corrected chi connectivity index (χ3v) is 4.19. The molecule has 26 heavy (non-hydrogen) atoms. The molecule has 1 aliphatic heterocycles. The molecule has 2 rings (SSSR count). The Morgan fingerprint density at radius 1 is 1.42 bits per heavy atom. The van der Waals surface area contributed by atoms with Crippen LogP contribution in [-0.2, 0) is 20.8 Å². The predicted molar refractivity (Wildman–Crippen MR) is 98.7 cm³/mol. The molecular weight excluding hydrogens is 428 g/mol. The van der Waals surface area contributed by atoms with E-state index in [1.807, 2.05) is 0 Å². The molecule has 0 aliphatic carbocycles. The number of ether oxygens (including phenoxy) is 2. The number of amides is 2. The summed E-state index contributed by atoms with van der Waals surface area (Å²) in [7, 11) is 0. The molecule has 0 spiro atoms. The van der Waals surface area contributed by atoms with Gasteiger partial charge in [-0.3, -0.25) is 4.79 Å². The first-order valence-corrected chi connectivity index (χ1v) is 9.33. The van der Waals surface area contributed by atoms with Gasteiger partial charge in [0.1, 0.15) is 10.2 Å². The summed E-state index contributed by atoms with van der Waals surface area (Å²) in [6.07, 6.45) is 1.42. The van der Waals surface area contributed by atoms with Crippen molar-refractivity contribution < 1.29 is 19.1 Å². The monoisotopic (exact) mass is 448 g/mol. The average molecular weight is 450 g/mol. The molecule has 1 fully saturated rings. The Labute approximate surface area is 165 Å². The van der Waals surface area contributed by atoms with Crippen LogP contribution in [0.15, 0.2) is 10.8 Å². The largest absolute Gasteiger partial charge is 0.444 e. The molecule has 2 N–H and O–H groups in total. The highest BCUT2D eigenvalue weighted by atomic mass is 79.9. The quantitative estimate of drug-likeness (QED) is 0.732. The van der Waals surface area contributed by atoms with Gasteiger partial charge in [0.25, 0.3) is 0 Å². The van der Waals surface area contributed by atoms with E-state index in [1.54, 1.807) is 20.8 Å². The smallest absolute Gasteiger partial charge is 0.407 e. The van der Waals surface area contributed by atoms with Gasteiger partial charge in [0.05, 0.1) is 43.6 Å². The maximum Gasteiger partial charge on any atom is 0.407 e. The molecule has 0 unspecified atom stereocenters. The molecule has 2 heterocycles. The van der Waals surface area contributed by atoms with Gasteiger partial charge in [0.2, 0.25) is 5.91 Å². The number of alkyl carbamates (subject to hydrolysis) is 1. The molecule has 1 saturated heterocycles. The third kappa shape index (κ3) is 6.69. The van der Waals surface area contributed by atoms with Crippen LogP contribution in [0, 0.1) is 5.92 Å². The number of carbonyl (C=O) groups is 2. The predicted octanol–water partition coefficient (Wildman–Crippen LogP) is 2.44. The van der Waals surface area contributed by atoms with Gasteiger partial charge in [-0.2, -0.15) is 0 Å². The van der Waals surface area contributed by atoms with Crippen LogP contribution in [-0.4, -0.2) is 46.8 Å². The van der Waals surface area contributed by atoms with E-state index in [2.05, 4.69) is 36.5 Å². The second-order valence-corrected chi connectivity index (χ2v) is 8.13. The molecule has 10 heteroatoms. The van der Waals surface area contributed by atoms with E-state index in [0.717, 1.165) is 0 Å². The summed E-state index contributed by atoms with van der Waals surface area (Å²) in [5, 5.41) is 5.75. The van der Waals surface area contributed by atoms with E-state index in [9.17, 15) is 9.59 Å². The first kappa shape index (κ1) is 20.9. The molecule has 0 radical (unpaired) electrons. The van der Waals surface area contributed by atoms with Crippen molar-refractivity contribution in [1.82, 2.24) is 20.6 Å². The Morgan fingerprint density at radius 3 is 2.85 bits per heavy atom. The van der Waals surface area contributed by atoms with Gasteiger partial charge in [-0.05, 0) is 43.1 Å². The number of hydrogen-bond donors (Lipinski definition) is 2. The van der Waals surface area contributed by atoms with Crippen LogP contribution in [0.3, 0.4) is 0 Å². The van der Waals surface area contributed by atoms with Crippen molar-refractivity contribution in [3.8, 4) is 0 Å². The van der Waals surface area contributed by atoms with Crippen LogP contribution in [0.4, 0.5) is 4.79 Å². The Hall–Kier alpha value is -1.45. The fourth-order valence-electron chi connectivity index (χ4n) is 2.41.